The molecule has 2 amide bonds. The van der Waals surface area contributed by atoms with Gasteiger partial charge in [0.15, 0.2) is 0 Å². The zero-order valence-electron chi connectivity index (χ0n) is 21.0. The lowest BCUT2D eigenvalue weighted by Gasteiger charge is -2.37. The van der Waals surface area contributed by atoms with Crippen LogP contribution >= 0.6 is 0 Å². The fourth-order valence-electron chi connectivity index (χ4n) is 6.26. The van der Waals surface area contributed by atoms with Crippen LogP contribution < -0.4 is 4.90 Å². The van der Waals surface area contributed by atoms with Gasteiger partial charge in [0.25, 0.3) is 11.8 Å². The molecular formula is C30H32N4O2. The van der Waals surface area contributed by atoms with Crippen molar-refractivity contribution in [3.05, 3.63) is 94.2 Å². The minimum atomic E-state index is 0.0807. The minimum absolute atomic E-state index is 0.0807. The average Bonchev–Trinajstić information content (AvgIpc) is 3.49. The lowest BCUT2D eigenvalue weighted by Crippen LogP contribution is -2.45. The minimum Gasteiger partial charge on any atom is -0.356 e. The van der Waals surface area contributed by atoms with Crippen molar-refractivity contribution in [2.75, 3.05) is 25.0 Å². The highest BCUT2D eigenvalue weighted by atomic mass is 16.2. The second-order valence-electron chi connectivity index (χ2n) is 10.3. The van der Waals surface area contributed by atoms with Crippen LogP contribution in [0.25, 0.3) is 0 Å². The van der Waals surface area contributed by atoms with Gasteiger partial charge in [-0.25, -0.2) is 4.98 Å². The number of hydrogen-bond donors (Lipinski definition) is 0. The monoisotopic (exact) mass is 480 g/mol. The molecule has 0 N–H and O–H groups in total. The van der Waals surface area contributed by atoms with Crippen molar-refractivity contribution in [1.82, 2.24) is 14.8 Å². The molecule has 2 aromatic carbocycles. The highest BCUT2D eigenvalue weighted by Crippen LogP contribution is 2.41. The molecule has 36 heavy (non-hydrogen) atoms. The average molecular weight is 481 g/mol. The van der Waals surface area contributed by atoms with Gasteiger partial charge in [-0.3, -0.25) is 9.59 Å². The number of rotatable bonds is 4. The highest BCUT2D eigenvalue weighted by molar-refractivity contribution is 6.00. The Hall–Kier alpha value is -3.67. The SMILES string of the molecule is Cc1cccc2c1C(=O)N([C@@H]1CCc3cc(C(=O)N(C)C4CCN(c5ccccn5)CC4)ccc31)C2. The molecule has 3 aromatic rings. The number of hydrogen-bond acceptors (Lipinski definition) is 4. The highest BCUT2D eigenvalue weighted by Gasteiger charge is 2.37. The molecule has 0 saturated carbocycles. The third-order valence-electron chi connectivity index (χ3n) is 8.29. The van der Waals surface area contributed by atoms with Gasteiger partial charge < -0.3 is 14.7 Å². The summed E-state index contributed by atoms with van der Waals surface area (Å²) in [5.74, 6) is 1.23. The number of fused-ring (bicyclic) bond motifs is 2. The number of piperidine rings is 1. The van der Waals surface area contributed by atoms with E-state index in [4.69, 9.17) is 0 Å². The van der Waals surface area contributed by atoms with Crippen molar-refractivity contribution in [1.29, 1.82) is 0 Å². The lowest BCUT2D eigenvalue weighted by atomic mass is 10.0. The van der Waals surface area contributed by atoms with Crippen LogP contribution in [0.5, 0.6) is 0 Å². The van der Waals surface area contributed by atoms with Gasteiger partial charge in [-0.05, 0) is 79.1 Å². The third kappa shape index (κ3) is 3.85. The Kier molecular flexibility index (Phi) is 5.75. The van der Waals surface area contributed by atoms with Gasteiger partial charge >= 0.3 is 0 Å². The second kappa shape index (κ2) is 9.08. The Morgan fingerprint density at radius 1 is 1.00 bits per heavy atom. The molecule has 1 atom stereocenters. The number of benzene rings is 2. The number of nitrogens with zero attached hydrogens (tertiary/aromatic N) is 4. The van der Waals surface area contributed by atoms with Crippen molar-refractivity contribution in [3.63, 3.8) is 0 Å². The fourth-order valence-corrected chi connectivity index (χ4v) is 6.26. The van der Waals surface area contributed by atoms with Gasteiger partial charge in [0, 0.05) is 50.0 Å². The Bertz CT molecular complexity index is 1310. The van der Waals surface area contributed by atoms with Gasteiger partial charge in [-0.1, -0.05) is 30.3 Å². The summed E-state index contributed by atoms with van der Waals surface area (Å²) in [5, 5.41) is 0. The molecule has 1 fully saturated rings. The quantitative estimate of drug-likeness (QED) is 0.540. The number of amides is 2. The lowest BCUT2D eigenvalue weighted by molar-refractivity contribution is 0.0694. The maximum absolute atomic E-state index is 13.4. The third-order valence-corrected chi connectivity index (χ3v) is 8.29. The van der Waals surface area contributed by atoms with Crippen LogP contribution in [0.2, 0.25) is 0 Å². The van der Waals surface area contributed by atoms with E-state index < -0.39 is 0 Å². The summed E-state index contributed by atoms with van der Waals surface area (Å²) in [6.07, 6.45) is 5.50. The number of pyridine rings is 1. The summed E-state index contributed by atoms with van der Waals surface area (Å²) >= 11 is 0. The van der Waals surface area contributed by atoms with E-state index in [1.807, 2.05) is 66.4 Å². The van der Waals surface area contributed by atoms with E-state index in [1.54, 1.807) is 0 Å². The van der Waals surface area contributed by atoms with Crippen LogP contribution in [0.1, 0.15) is 68.3 Å². The largest absolute Gasteiger partial charge is 0.356 e. The summed E-state index contributed by atoms with van der Waals surface area (Å²) in [6.45, 7) is 4.48. The predicted molar refractivity (Wildman–Crippen MR) is 140 cm³/mol. The number of carbonyl (C=O) groups excluding carboxylic acids is 2. The first-order chi connectivity index (χ1) is 17.5. The van der Waals surface area contributed by atoms with Crippen LogP contribution in [-0.4, -0.2) is 52.8 Å². The molecule has 0 radical (unpaired) electrons. The normalized spacial score (nSPS) is 19.4. The molecule has 0 unspecified atom stereocenters. The van der Waals surface area contributed by atoms with Gasteiger partial charge in [-0.15, -0.1) is 0 Å². The molecule has 1 aromatic heterocycles. The second-order valence-corrected chi connectivity index (χ2v) is 10.3. The topological polar surface area (TPSA) is 56.8 Å². The molecule has 0 spiro atoms. The van der Waals surface area contributed by atoms with Gasteiger partial charge in [0.1, 0.15) is 5.82 Å². The van der Waals surface area contributed by atoms with E-state index in [1.165, 1.54) is 11.1 Å². The molecule has 2 aliphatic heterocycles. The van der Waals surface area contributed by atoms with E-state index in [2.05, 4.69) is 28.1 Å². The Morgan fingerprint density at radius 3 is 2.58 bits per heavy atom. The summed E-state index contributed by atoms with van der Waals surface area (Å²) in [6, 6.07) is 18.5. The molecule has 1 saturated heterocycles. The molecule has 1 aliphatic carbocycles. The maximum Gasteiger partial charge on any atom is 0.255 e. The van der Waals surface area contributed by atoms with Crippen LogP contribution in [0, 0.1) is 6.92 Å². The molecule has 6 heteroatoms. The molecule has 3 aliphatic rings. The van der Waals surface area contributed by atoms with Crippen molar-refractivity contribution in [2.24, 2.45) is 0 Å². The Balaban J connectivity index is 1.14. The van der Waals surface area contributed by atoms with E-state index in [9.17, 15) is 9.59 Å². The summed E-state index contributed by atoms with van der Waals surface area (Å²) < 4.78 is 0. The number of anilines is 1. The van der Waals surface area contributed by atoms with E-state index >= 15 is 0 Å². The molecule has 184 valence electrons. The fraction of sp³-hybridized carbons (Fsp3) is 0.367. The van der Waals surface area contributed by atoms with Crippen molar-refractivity contribution in [2.45, 2.75) is 51.2 Å². The molecule has 6 nitrogen and oxygen atoms in total. The van der Waals surface area contributed by atoms with Crippen molar-refractivity contribution < 1.29 is 9.59 Å². The van der Waals surface area contributed by atoms with Gasteiger partial charge in [-0.2, -0.15) is 0 Å². The first-order valence-corrected chi connectivity index (χ1v) is 13.0. The summed E-state index contributed by atoms with van der Waals surface area (Å²) in [7, 11) is 1.93. The molecule has 0 bridgehead atoms. The number of aryl methyl sites for hydroxylation is 2. The van der Waals surface area contributed by atoms with Crippen molar-refractivity contribution >= 4 is 17.6 Å². The van der Waals surface area contributed by atoms with Crippen molar-refractivity contribution in [3.8, 4) is 0 Å². The smallest absolute Gasteiger partial charge is 0.255 e. The van der Waals surface area contributed by atoms with Crippen LogP contribution in [0.4, 0.5) is 5.82 Å². The molecular weight excluding hydrogens is 448 g/mol. The van der Waals surface area contributed by atoms with Crippen LogP contribution in [0.3, 0.4) is 0 Å². The standard InChI is InChI=1S/C30H32N4O2/c1-20-6-5-7-23-19-34(30(36)28(20)23)26-12-10-21-18-22(9-11-25(21)26)29(35)32(2)24-13-16-33(17-14-24)27-8-3-4-15-31-27/h3-9,11,15,18,24,26H,10,12-14,16-17,19H2,1-2H3/t26-/m1/s1. The van der Waals surface area contributed by atoms with E-state index in [0.717, 1.165) is 66.8 Å². The first-order valence-electron chi connectivity index (χ1n) is 13.0. The number of carbonyl (C=O) groups is 2. The number of aromatic nitrogens is 1. The first kappa shape index (κ1) is 22.8. The zero-order valence-corrected chi connectivity index (χ0v) is 21.0. The predicted octanol–water partition coefficient (Wildman–Crippen LogP) is 4.77. The van der Waals surface area contributed by atoms with Gasteiger partial charge in [0.05, 0.1) is 6.04 Å². The Labute approximate surface area is 212 Å². The van der Waals surface area contributed by atoms with E-state index in [0.29, 0.717) is 6.54 Å². The van der Waals surface area contributed by atoms with Gasteiger partial charge in [0.2, 0.25) is 0 Å². The Morgan fingerprint density at radius 2 is 1.83 bits per heavy atom. The molecule has 3 heterocycles. The molecule has 6 rings (SSSR count). The van der Waals surface area contributed by atoms with Crippen LogP contribution in [-0.2, 0) is 13.0 Å². The summed E-state index contributed by atoms with van der Waals surface area (Å²) in [5.41, 5.74) is 6.18. The van der Waals surface area contributed by atoms with Crippen LogP contribution in [0.15, 0.2) is 60.8 Å². The summed E-state index contributed by atoms with van der Waals surface area (Å²) in [4.78, 5) is 37.3. The zero-order chi connectivity index (χ0) is 24.8. The maximum atomic E-state index is 13.4. The van der Waals surface area contributed by atoms with E-state index in [-0.39, 0.29) is 23.9 Å².